The summed E-state index contributed by atoms with van der Waals surface area (Å²) in [6.07, 6.45) is 1.42. The molecule has 4 rings (SSSR count). The highest BCUT2D eigenvalue weighted by Crippen LogP contribution is 2.31. The summed E-state index contributed by atoms with van der Waals surface area (Å²) in [5.41, 5.74) is 7.02. The van der Waals surface area contributed by atoms with Crippen molar-refractivity contribution in [2.75, 3.05) is 0 Å². The summed E-state index contributed by atoms with van der Waals surface area (Å²) in [4.78, 5) is 4.75. The predicted molar refractivity (Wildman–Crippen MR) is 101 cm³/mol. The Morgan fingerprint density at radius 2 is 1.48 bits per heavy atom. The summed E-state index contributed by atoms with van der Waals surface area (Å²) >= 11 is 0. The molecule has 1 N–H and O–H groups in total. The maximum atomic E-state index is 10.3. The number of hydrogen-bond acceptors (Lipinski definition) is 2. The molecule has 0 bridgehead atoms. The zero-order chi connectivity index (χ0) is 17.4. The molecule has 3 heteroatoms. The molecule has 1 unspecified atom stereocenters. The molecule has 0 saturated heterocycles. The average Bonchev–Trinajstić information content (AvgIpc) is 3.01. The van der Waals surface area contributed by atoms with Crippen molar-refractivity contribution in [2.24, 2.45) is 0 Å². The summed E-state index contributed by atoms with van der Waals surface area (Å²) in [6.45, 7) is 3.83. The van der Waals surface area contributed by atoms with Crippen molar-refractivity contribution in [3.63, 3.8) is 0 Å². The van der Waals surface area contributed by atoms with Gasteiger partial charge in [-0.3, -0.25) is 0 Å². The molecule has 4 aromatic rings. The zero-order valence-electron chi connectivity index (χ0n) is 14.3. The molecule has 0 aliphatic heterocycles. The van der Waals surface area contributed by atoms with Gasteiger partial charge in [0.25, 0.3) is 0 Å². The van der Waals surface area contributed by atoms with Crippen LogP contribution in [0.3, 0.4) is 0 Å². The second-order valence-electron chi connectivity index (χ2n) is 6.40. The lowest BCUT2D eigenvalue weighted by Gasteiger charge is -2.09. The molecule has 0 aliphatic rings. The van der Waals surface area contributed by atoms with E-state index in [0.717, 1.165) is 28.2 Å². The Balaban J connectivity index is 1.83. The molecule has 124 valence electrons. The minimum atomic E-state index is -0.597. The van der Waals surface area contributed by atoms with Crippen molar-refractivity contribution in [2.45, 2.75) is 20.0 Å². The SMILES string of the molecule is Cc1ccc2nc(-c3ccc(-c4ccccc4)cc3)c(C(C)O)n2c1. The third-order valence-electron chi connectivity index (χ3n) is 4.46. The highest BCUT2D eigenvalue weighted by Gasteiger charge is 2.18. The molecule has 0 spiro atoms. The van der Waals surface area contributed by atoms with Gasteiger partial charge in [-0.15, -0.1) is 0 Å². The number of benzene rings is 2. The van der Waals surface area contributed by atoms with Crippen LogP contribution in [-0.2, 0) is 0 Å². The lowest BCUT2D eigenvalue weighted by Crippen LogP contribution is -1.99. The first-order chi connectivity index (χ1) is 12.1. The Bertz CT molecular complexity index is 1020. The monoisotopic (exact) mass is 328 g/mol. The standard InChI is InChI=1S/C22H20N2O/c1-15-8-13-20-23-21(22(16(2)25)24(20)14-15)19-11-9-18(10-12-19)17-6-4-3-5-7-17/h3-14,16,25H,1-2H3. The molecule has 0 amide bonds. The first kappa shape index (κ1) is 15.6. The molecule has 2 aromatic heterocycles. The molecule has 0 aliphatic carbocycles. The normalized spacial score (nSPS) is 12.4. The van der Waals surface area contributed by atoms with E-state index in [4.69, 9.17) is 4.98 Å². The fourth-order valence-electron chi connectivity index (χ4n) is 3.23. The third kappa shape index (κ3) is 2.83. The summed E-state index contributed by atoms with van der Waals surface area (Å²) in [7, 11) is 0. The van der Waals surface area contributed by atoms with Gasteiger partial charge in [0.1, 0.15) is 5.65 Å². The van der Waals surface area contributed by atoms with E-state index in [-0.39, 0.29) is 0 Å². The summed E-state index contributed by atoms with van der Waals surface area (Å²) in [5, 5.41) is 10.3. The number of fused-ring (bicyclic) bond motifs is 1. The quantitative estimate of drug-likeness (QED) is 0.573. The average molecular weight is 328 g/mol. The van der Waals surface area contributed by atoms with Crippen molar-refractivity contribution in [3.8, 4) is 22.4 Å². The van der Waals surface area contributed by atoms with Gasteiger partial charge in [0.2, 0.25) is 0 Å². The number of aromatic nitrogens is 2. The minimum Gasteiger partial charge on any atom is -0.387 e. The van der Waals surface area contributed by atoms with Crippen molar-refractivity contribution in [1.82, 2.24) is 9.38 Å². The molecule has 0 radical (unpaired) electrons. The number of aryl methyl sites for hydroxylation is 1. The molecule has 0 saturated carbocycles. The zero-order valence-corrected chi connectivity index (χ0v) is 14.3. The minimum absolute atomic E-state index is 0.597. The Labute approximate surface area is 147 Å². The number of aliphatic hydroxyl groups excluding tert-OH is 1. The summed E-state index contributed by atoms with van der Waals surface area (Å²) in [5.74, 6) is 0. The van der Waals surface area contributed by atoms with Crippen molar-refractivity contribution >= 4 is 5.65 Å². The molecule has 2 heterocycles. The van der Waals surface area contributed by atoms with Gasteiger partial charge in [-0.05, 0) is 36.6 Å². The van der Waals surface area contributed by atoms with Crippen LogP contribution < -0.4 is 0 Å². The van der Waals surface area contributed by atoms with Crippen LogP contribution in [0.2, 0.25) is 0 Å². The Morgan fingerprint density at radius 1 is 0.840 bits per heavy atom. The lowest BCUT2D eigenvalue weighted by atomic mass is 10.0. The largest absolute Gasteiger partial charge is 0.387 e. The molecular weight excluding hydrogens is 308 g/mol. The van der Waals surface area contributed by atoms with Crippen LogP contribution >= 0.6 is 0 Å². The van der Waals surface area contributed by atoms with E-state index in [0.29, 0.717) is 0 Å². The highest BCUT2D eigenvalue weighted by molar-refractivity contribution is 5.72. The topological polar surface area (TPSA) is 37.5 Å². The van der Waals surface area contributed by atoms with Crippen LogP contribution in [-0.4, -0.2) is 14.5 Å². The second-order valence-corrected chi connectivity index (χ2v) is 6.40. The first-order valence-electron chi connectivity index (χ1n) is 8.46. The van der Waals surface area contributed by atoms with E-state index in [9.17, 15) is 5.11 Å². The molecule has 3 nitrogen and oxygen atoms in total. The fourth-order valence-corrected chi connectivity index (χ4v) is 3.23. The second kappa shape index (κ2) is 6.19. The Morgan fingerprint density at radius 3 is 2.16 bits per heavy atom. The van der Waals surface area contributed by atoms with Crippen LogP contribution in [0.1, 0.15) is 24.3 Å². The van der Waals surface area contributed by atoms with E-state index in [2.05, 4.69) is 36.4 Å². The number of hydrogen-bond donors (Lipinski definition) is 1. The molecule has 1 atom stereocenters. The van der Waals surface area contributed by atoms with Crippen LogP contribution in [0.25, 0.3) is 28.0 Å². The molecule has 25 heavy (non-hydrogen) atoms. The van der Waals surface area contributed by atoms with Crippen molar-refractivity contribution < 1.29 is 5.11 Å². The van der Waals surface area contributed by atoms with E-state index in [1.807, 2.05) is 47.9 Å². The summed E-state index contributed by atoms with van der Waals surface area (Å²) < 4.78 is 1.99. The molecule has 0 fully saturated rings. The van der Waals surface area contributed by atoms with E-state index < -0.39 is 6.10 Å². The third-order valence-corrected chi connectivity index (χ3v) is 4.46. The van der Waals surface area contributed by atoms with Crippen molar-refractivity contribution in [3.05, 3.63) is 84.2 Å². The van der Waals surface area contributed by atoms with Crippen LogP contribution in [0, 0.1) is 6.92 Å². The van der Waals surface area contributed by atoms with Crippen LogP contribution in [0.4, 0.5) is 0 Å². The van der Waals surface area contributed by atoms with Gasteiger partial charge in [0.05, 0.1) is 17.5 Å². The fraction of sp³-hybridized carbons (Fsp3) is 0.136. The Kier molecular flexibility index (Phi) is 3.86. The van der Waals surface area contributed by atoms with Gasteiger partial charge in [-0.1, -0.05) is 60.7 Å². The number of nitrogens with zero attached hydrogens (tertiary/aromatic N) is 2. The first-order valence-corrected chi connectivity index (χ1v) is 8.46. The van der Waals surface area contributed by atoms with E-state index >= 15 is 0 Å². The molecular formula is C22H20N2O. The van der Waals surface area contributed by atoms with Gasteiger partial charge in [-0.25, -0.2) is 4.98 Å². The predicted octanol–water partition coefficient (Wildman–Crippen LogP) is 5.03. The highest BCUT2D eigenvalue weighted by atomic mass is 16.3. The number of rotatable bonds is 3. The number of pyridine rings is 1. The Hall–Kier alpha value is -2.91. The van der Waals surface area contributed by atoms with Gasteiger partial charge >= 0.3 is 0 Å². The molecule has 2 aromatic carbocycles. The number of aliphatic hydroxyl groups is 1. The van der Waals surface area contributed by atoms with Gasteiger partial charge in [0, 0.05) is 11.8 Å². The summed E-state index contributed by atoms with van der Waals surface area (Å²) in [6, 6.07) is 22.7. The van der Waals surface area contributed by atoms with Crippen molar-refractivity contribution in [1.29, 1.82) is 0 Å². The smallest absolute Gasteiger partial charge is 0.137 e. The lowest BCUT2D eigenvalue weighted by molar-refractivity contribution is 0.194. The van der Waals surface area contributed by atoms with Crippen LogP contribution in [0.5, 0.6) is 0 Å². The number of imidazole rings is 1. The van der Waals surface area contributed by atoms with Gasteiger partial charge < -0.3 is 9.51 Å². The van der Waals surface area contributed by atoms with Crippen LogP contribution in [0.15, 0.2) is 72.9 Å². The van der Waals surface area contributed by atoms with Gasteiger partial charge in [-0.2, -0.15) is 0 Å². The van der Waals surface area contributed by atoms with E-state index in [1.165, 1.54) is 11.1 Å². The maximum Gasteiger partial charge on any atom is 0.137 e. The van der Waals surface area contributed by atoms with E-state index in [1.54, 1.807) is 6.92 Å². The maximum absolute atomic E-state index is 10.3. The van der Waals surface area contributed by atoms with Gasteiger partial charge in [0.15, 0.2) is 0 Å².